The third-order valence-electron chi connectivity index (χ3n) is 3.44. The fourth-order valence-corrected chi connectivity index (χ4v) is 2.15. The highest BCUT2D eigenvalue weighted by atomic mass is 15.0. The standard InChI is InChI=1S/C17H23N3/c1-5-18-11-17-19-9-8-16(20-17)15-10-14(12(2)3)7-6-13(15)4/h6-10,12,18H,5,11H2,1-4H3. The maximum atomic E-state index is 4.67. The summed E-state index contributed by atoms with van der Waals surface area (Å²) in [5.74, 6) is 1.37. The number of aryl methyl sites for hydroxylation is 1. The van der Waals surface area contributed by atoms with Crippen molar-refractivity contribution in [1.29, 1.82) is 0 Å². The van der Waals surface area contributed by atoms with Crippen LogP contribution in [0.1, 0.15) is 43.6 Å². The van der Waals surface area contributed by atoms with Crippen molar-refractivity contribution in [3.63, 3.8) is 0 Å². The van der Waals surface area contributed by atoms with E-state index < -0.39 is 0 Å². The van der Waals surface area contributed by atoms with Gasteiger partial charge in [-0.2, -0.15) is 0 Å². The van der Waals surface area contributed by atoms with Crippen molar-refractivity contribution in [2.75, 3.05) is 6.54 Å². The lowest BCUT2D eigenvalue weighted by Gasteiger charge is -2.11. The second kappa shape index (κ2) is 6.62. The number of rotatable bonds is 5. The van der Waals surface area contributed by atoms with Crippen LogP contribution in [0, 0.1) is 6.92 Å². The summed E-state index contributed by atoms with van der Waals surface area (Å²) in [6.07, 6.45) is 1.84. The first-order valence-corrected chi connectivity index (χ1v) is 7.25. The molecule has 0 amide bonds. The van der Waals surface area contributed by atoms with Crippen LogP contribution in [0.2, 0.25) is 0 Å². The monoisotopic (exact) mass is 269 g/mol. The van der Waals surface area contributed by atoms with E-state index >= 15 is 0 Å². The van der Waals surface area contributed by atoms with Crippen LogP contribution in [0.3, 0.4) is 0 Å². The maximum absolute atomic E-state index is 4.67. The second-order valence-electron chi connectivity index (χ2n) is 5.37. The van der Waals surface area contributed by atoms with Gasteiger partial charge >= 0.3 is 0 Å². The van der Waals surface area contributed by atoms with Crippen LogP contribution in [-0.2, 0) is 6.54 Å². The van der Waals surface area contributed by atoms with Crippen LogP contribution in [0.25, 0.3) is 11.3 Å². The fraction of sp³-hybridized carbons (Fsp3) is 0.412. The summed E-state index contributed by atoms with van der Waals surface area (Å²) in [6, 6.07) is 8.61. The molecule has 1 N–H and O–H groups in total. The number of benzene rings is 1. The first kappa shape index (κ1) is 14.7. The number of hydrogen-bond donors (Lipinski definition) is 1. The minimum Gasteiger partial charge on any atom is -0.310 e. The lowest BCUT2D eigenvalue weighted by atomic mass is 9.96. The minimum atomic E-state index is 0.525. The predicted molar refractivity (Wildman–Crippen MR) is 83.7 cm³/mol. The number of hydrogen-bond acceptors (Lipinski definition) is 3. The second-order valence-corrected chi connectivity index (χ2v) is 5.37. The molecule has 0 unspecified atom stereocenters. The maximum Gasteiger partial charge on any atom is 0.142 e. The quantitative estimate of drug-likeness (QED) is 0.899. The van der Waals surface area contributed by atoms with Gasteiger partial charge in [0.25, 0.3) is 0 Å². The Kier molecular flexibility index (Phi) is 4.85. The zero-order chi connectivity index (χ0) is 14.5. The van der Waals surface area contributed by atoms with E-state index in [0.717, 1.165) is 18.1 Å². The number of aromatic nitrogens is 2. The van der Waals surface area contributed by atoms with Crippen molar-refractivity contribution >= 4 is 0 Å². The van der Waals surface area contributed by atoms with Crippen molar-refractivity contribution in [3.05, 3.63) is 47.4 Å². The average Bonchev–Trinajstić information content (AvgIpc) is 2.45. The van der Waals surface area contributed by atoms with Crippen molar-refractivity contribution in [2.45, 2.75) is 40.2 Å². The smallest absolute Gasteiger partial charge is 0.142 e. The van der Waals surface area contributed by atoms with Crippen molar-refractivity contribution in [1.82, 2.24) is 15.3 Å². The van der Waals surface area contributed by atoms with Crippen LogP contribution in [0.5, 0.6) is 0 Å². The normalized spacial score (nSPS) is 11.1. The number of nitrogens with zero attached hydrogens (tertiary/aromatic N) is 2. The Morgan fingerprint density at radius 3 is 2.70 bits per heavy atom. The molecule has 0 radical (unpaired) electrons. The highest BCUT2D eigenvalue weighted by Crippen LogP contribution is 2.26. The van der Waals surface area contributed by atoms with E-state index in [-0.39, 0.29) is 0 Å². The Bertz CT molecular complexity index is 576. The average molecular weight is 269 g/mol. The zero-order valence-corrected chi connectivity index (χ0v) is 12.8. The lowest BCUT2D eigenvalue weighted by Crippen LogP contribution is -2.14. The SMILES string of the molecule is CCNCc1nccc(-c2cc(C(C)C)ccc2C)n1. The molecule has 0 bridgehead atoms. The Balaban J connectivity index is 2.37. The van der Waals surface area contributed by atoms with Gasteiger partial charge in [-0.05, 0) is 42.6 Å². The minimum absolute atomic E-state index is 0.525. The summed E-state index contributed by atoms with van der Waals surface area (Å²) in [5, 5.41) is 3.26. The predicted octanol–water partition coefficient (Wildman–Crippen LogP) is 3.68. The highest BCUT2D eigenvalue weighted by molar-refractivity contribution is 5.64. The molecular formula is C17H23N3. The van der Waals surface area contributed by atoms with Gasteiger partial charge in [0.15, 0.2) is 0 Å². The van der Waals surface area contributed by atoms with Gasteiger partial charge in [0.2, 0.25) is 0 Å². The Labute approximate surface area is 121 Å². The molecule has 3 nitrogen and oxygen atoms in total. The molecule has 106 valence electrons. The van der Waals surface area contributed by atoms with Crippen LogP contribution in [0.15, 0.2) is 30.5 Å². The van der Waals surface area contributed by atoms with Gasteiger partial charge in [-0.25, -0.2) is 9.97 Å². The highest BCUT2D eigenvalue weighted by Gasteiger charge is 2.08. The molecule has 0 fully saturated rings. The van der Waals surface area contributed by atoms with E-state index in [0.29, 0.717) is 12.5 Å². The third-order valence-corrected chi connectivity index (χ3v) is 3.44. The van der Waals surface area contributed by atoms with Gasteiger partial charge in [0.1, 0.15) is 5.82 Å². The molecule has 0 aliphatic heterocycles. The van der Waals surface area contributed by atoms with Crippen molar-refractivity contribution in [2.24, 2.45) is 0 Å². The van der Waals surface area contributed by atoms with Gasteiger partial charge in [-0.1, -0.05) is 32.9 Å². The van der Waals surface area contributed by atoms with E-state index in [1.807, 2.05) is 12.3 Å². The first-order valence-electron chi connectivity index (χ1n) is 7.25. The largest absolute Gasteiger partial charge is 0.310 e. The van der Waals surface area contributed by atoms with Crippen LogP contribution in [-0.4, -0.2) is 16.5 Å². The summed E-state index contributed by atoms with van der Waals surface area (Å²) >= 11 is 0. The molecule has 1 aromatic heterocycles. The first-order chi connectivity index (χ1) is 9.61. The Morgan fingerprint density at radius 2 is 2.00 bits per heavy atom. The van der Waals surface area contributed by atoms with E-state index in [2.05, 4.69) is 61.2 Å². The topological polar surface area (TPSA) is 37.8 Å². The summed E-state index contributed by atoms with van der Waals surface area (Å²) < 4.78 is 0. The third kappa shape index (κ3) is 3.42. The molecule has 0 saturated carbocycles. The summed E-state index contributed by atoms with van der Waals surface area (Å²) in [4.78, 5) is 8.98. The van der Waals surface area contributed by atoms with Gasteiger partial charge in [0.05, 0.1) is 12.2 Å². The number of nitrogens with one attached hydrogen (secondary N) is 1. The van der Waals surface area contributed by atoms with Crippen molar-refractivity contribution < 1.29 is 0 Å². The van der Waals surface area contributed by atoms with Crippen LogP contribution >= 0.6 is 0 Å². The fourth-order valence-electron chi connectivity index (χ4n) is 2.15. The van der Waals surface area contributed by atoms with Gasteiger partial charge in [0, 0.05) is 11.8 Å². The summed E-state index contributed by atoms with van der Waals surface area (Å²) in [5.41, 5.74) is 4.81. The van der Waals surface area contributed by atoms with Crippen LogP contribution < -0.4 is 5.32 Å². The zero-order valence-electron chi connectivity index (χ0n) is 12.8. The molecule has 20 heavy (non-hydrogen) atoms. The molecule has 3 heteroatoms. The molecule has 0 saturated heterocycles. The summed E-state index contributed by atoms with van der Waals surface area (Å²) in [7, 11) is 0. The van der Waals surface area contributed by atoms with Crippen molar-refractivity contribution in [3.8, 4) is 11.3 Å². The summed E-state index contributed by atoms with van der Waals surface area (Å²) in [6.45, 7) is 10.3. The van der Waals surface area contributed by atoms with Gasteiger partial charge in [-0.15, -0.1) is 0 Å². The molecule has 1 heterocycles. The lowest BCUT2D eigenvalue weighted by molar-refractivity contribution is 0.691. The van der Waals surface area contributed by atoms with E-state index in [1.54, 1.807) is 0 Å². The molecule has 0 spiro atoms. The van der Waals surface area contributed by atoms with Gasteiger partial charge in [-0.3, -0.25) is 0 Å². The molecule has 0 aliphatic rings. The van der Waals surface area contributed by atoms with E-state index in [9.17, 15) is 0 Å². The van der Waals surface area contributed by atoms with E-state index in [4.69, 9.17) is 0 Å². The molecular weight excluding hydrogens is 246 g/mol. The van der Waals surface area contributed by atoms with Crippen LogP contribution in [0.4, 0.5) is 0 Å². The molecule has 2 rings (SSSR count). The Morgan fingerprint density at radius 1 is 1.20 bits per heavy atom. The molecule has 0 aliphatic carbocycles. The molecule has 0 atom stereocenters. The Hall–Kier alpha value is -1.74. The van der Waals surface area contributed by atoms with E-state index in [1.165, 1.54) is 16.7 Å². The van der Waals surface area contributed by atoms with Gasteiger partial charge < -0.3 is 5.32 Å². The molecule has 2 aromatic rings. The molecule has 1 aromatic carbocycles.